The van der Waals surface area contributed by atoms with E-state index in [1.807, 2.05) is 0 Å². The van der Waals surface area contributed by atoms with Crippen molar-refractivity contribution in [2.45, 2.75) is 0 Å². The number of nitrogens with zero attached hydrogens (tertiary/aromatic N) is 3. The zero-order chi connectivity index (χ0) is 15.5. The highest BCUT2D eigenvalue weighted by Gasteiger charge is 2.11. The molecule has 0 aliphatic rings. The summed E-state index contributed by atoms with van der Waals surface area (Å²) in [6, 6.07) is 9.99. The minimum Gasteiger partial charge on any atom is -0.478 e. The average molecular weight is 314 g/mol. The maximum Gasteiger partial charge on any atom is 0.336 e. The summed E-state index contributed by atoms with van der Waals surface area (Å²) in [7, 11) is 0. The molecule has 0 bridgehead atoms. The van der Waals surface area contributed by atoms with E-state index < -0.39 is 5.97 Å². The van der Waals surface area contributed by atoms with E-state index in [1.54, 1.807) is 30.3 Å². The molecule has 2 N–H and O–H groups in total. The van der Waals surface area contributed by atoms with E-state index in [2.05, 4.69) is 15.3 Å². The number of furan rings is 1. The largest absolute Gasteiger partial charge is 0.478 e. The molecule has 2 heterocycles. The van der Waals surface area contributed by atoms with E-state index in [0.29, 0.717) is 17.1 Å². The number of nitrogens with one attached hydrogen (secondary N) is 1. The van der Waals surface area contributed by atoms with Crippen molar-refractivity contribution in [2.24, 2.45) is 5.10 Å². The first-order valence-electron chi connectivity index (χ1n) is 6.25. The third kappa shape index (κ3) is 2.59. The van der Waals surface area contributed by atoms with Gasteiger partial charge in [-0.1, -0.05) is 18.2 Å². The number of aromatic carboxylic acids is 1. The van der Waals surface area contributed by atoms with Gasteiger partial charge in [0.1, 0.15) is 0 Å². The summed E-state index contributed by atoms with van der Waals surface area (Å²) in [6.07, 6.45) is 2.93. The molecule has 2 aromatic heterocycles. The van der Waals surface area contributed by atoms with Gasteiger partial charge in [-0.05, 0) is 30.4 Å². The van der Waals surface area contributed by atoms with Crippen LogP contribution >= 0.6 is 12.2 Å². The molecule has 0 amide bonds. The van der Waals surface area contributed by atoms with Crippen LogP contribution in [0, 0.1) is 4.77 Å². The number of benzene rings is 1. The number of carboxylic acid groups (broad SMARTS) is 1. The molecule has 0 fully saturated rings. The maximum atomic E-state index is 11.2. The number of carbonyl (C=O) groups is 1. The monoisotopic (exact) mass is 314 g/mol. The minimum absolute atomic E-state index is 0.154. The van der Waals surface area contributed by atoms with Gasteiger partial charge < -0.3 is 9.52 Å². The molecular weight excluding hydrogens is 304 g/mol. The third-order valence-electron chi connectivity index (χ3n) is 2.90. The van der Waals surface area contributed by atoms with Crippen molar-refractivity contribution < 1.29 is 14.3 Å². The van der Waals surface area contributed by atoms with Crippen LogP contribution < -0.4 is 0 Å². The van der Waals surface area contributed by atoms with Crippen LogP contribution in [0.25, 0.3) is 11.6 Å². The molecule has 0 saturated carbocycles. The summed E-state index contributed by atoms with van der Waals surface area (Å²) >= 11 is 5.12. The third-order valence-corrected chi connectivity index (χ3v) is 3.16. The predicted molar refractivity (Wildman–Crippen MR) is 81.5 cm³/mol. The fourth-order valence-electron chi connectivity index (χ4n) is 1.89. The van der Waals surface area contributed by atoms with Gasteiger partial charge in [0.2, 0.25) is 10.6 Å². The Morgan fingerprint density at radius 1 is 1.36 bits per heavy atom. The maximum absolute atomic E-state index is 11.2. The Balaban J connectivity index is 2.03. The number of hydrogen-bond donors (Lipinski definition) is 2. The summed E-state index contributed by atoms with van der Waals surface area (Å²) < 4.78 is 6.91. The van der Waals surface area contributed by atoms with Crippen LogP contribution in [0.1, 0.15) is 15.9 Å². The van der Waals surface area contributed by atoms with E-state index in [1.165, 1.54) is 23.2 Å². The molecule has 0 aliphatic heterocycles. The number of H-pyrrole nitrogens is 1. The summed E-state index contributed by atoms with van der Waals surface area (Å²) in [5.74, 6) is -0.126. The Hall–Kier alpha value is -3.00. The predicted octanol–water partition coefficient (Wildman–Crippen LogP) is 2.78. The first-order valence-corrected chi connectivity index (χ1v) is 6.65. The van der Waals surface area contributed by atoms with Gasteiger partial charge in [0.25, 0.3) is 0 Å². The van der Waals surface area contributed by atoms with Gasteiger partial charge in [0.15, 0.2) is 5.76 Å². The molecule has 0 saturated heterocycles. The number of rotatable bonds is 4. The van der Waals surface area contributed by atoms with Crippen LogP contribution in [0.5, 0.6) is 0 Å². The molecule has 8 heteroatoms. The molecule has 3 rings (SSSR count). The Morgan fingerprint density at radius 3 is 2.91 bits per heavy atom. The molecule has 0 radical (unpaired) electrons. The fourth-order valence-corrected chi connectivity index (χ4v) is 2.07. The SMILES string of the molecule is O=C(O)c1ccccc1/C=N\n1c(-c2ccco2)n[nH]c1=S. The normalized spacial score (nSPS) is 11.1. The average Bonchev–Trinajstić information content (AvgIpc) is 3.15. The molecule has 22 heavy (non-hydrogen) atoms. The summed E-state index contributed by atoms with van der Waals surface area (Å²) in [6.45, 7) is 0. The van der Waals surface area contributed by atoms with Crippen LogP contribution in [-0.2, 0) is 0 Å². The molecule has 0 atom stereocenters. The Bertz CT molecular complexity index is 893. The smallest absolute Gasteiger partial charge is 0.336 e. The van der Waals surface area contributed by atoms with Gasteiger partial charge in [-0.3, -0.25) is 0 Å². The van der Waals surface area contributed by atoms with E-state index in [0.717, 1.165) is 0 Å². The number of carboxylic acids is 1. The highest BCUT2D eigenvalue weighted by Crippen LogP contribution is 2.17. The van der Waals surface area contributed by atoms with Gasteiger partial charge in [0, 0.05) is 5.56 Å². The van der Waals surface area contributed by atoms with Crippen LogP contribution in [0.4, 0.5) is 0 Å². The molecule has 0 aliphatic carbocycles. The highest BCUT2D eigenvalue weighted by atomic mass is 32.1. The summed E-state index contributed by atoms with van der Waals surface area (Å²) in [4.78, 5) is 11.2. The van der Waals surface area contributed by atoms with Crippen molar-refractivity contribution in [3.63, 3.8) is 0 Å². The van der Waals surface area contributed by atoms with Crippen molar-refractivity contribution in [3.05, 3.63) is 58.6 Å². The zero-order valence-electron chi connectivity index (χ0n) is 11.1. The number of aromatic nitrogens is 3. The lowest BCUT2D eigenvalue weighted by Crippen LogP contribution is -2.02. The van der Waals surface area contributed by atoms with Crippen LogP contribution in [0.3, 0.4) is 0 Å². The quantitative estimate of drug-likeness (QED) is 0.570. The summed E-state index contributed by atoms with van der Waals surface area (Å²) in [5, 5.41) is 20.0. The van der Waals surface area contributed by atoms with Gasteiger partial charge in [-0.2, -0.15) is 9.78 Å². The van der Waals surface area contributed by atoms with Crippen LogP contribution in [0.15, 0.2) is 52.2 Å². The van der Waals surface area contributed by atoms with Crippen molar-refractivity contribution in [2.75, 3.05) is 0 Å². The molecule has 7 nitrogen and oxygen atoms in total. The number of hydrogen-bond acceptors (Lipinski definition) is 5. The molecule has 110 valence electrons. The lowest BCUT2D eigenvalue weighted by atomic mass is 10.1. The van der Waals surface area contributed by atoms with Crippen molar-refractivity contribution >= 4 is 24.4 Å². The van der Waals surface area contributed by atoms with Gasteiger partial charge in [-0.15, -0.1) is 5.10 Å². The van der Waals surface area contributed by atoms with Crippen molar-refractivity contribution in [1.82, 2.24) is 14.9 Å². The highest BCUT2D eigenvalue weighted by molar-refractivity contribution is 7.71. The van der Waals surface area contributed by atoms with Crippen molar-refractivity contribution in [3.8, 4) is 11.6 Å². The van der Waals surface area contributed by atoms with E-state index in [-0.39, 0.29) is 10.3 Å². The molecule has 0 unspecified atom stereocenters. The topological polar surface area (TPSA) is 96.4 Å². The Labute approximate surface area is 129 Å². The second-order valence-corrected chi connectivity index (χ2v) is 4.67. The van der Waals surface area contributed by atoms with Crippen LogP contribution in [0.2, 0.25) is 0 Å². The number of aromatic amines is 1. The fraction of sp³-hybridized carbons (Fsp3) is 0. The minimum atomic E-state index is -1.02. The van der Waals surface area contributed by atoms with E-state index >= 15 is 0 Å². The lowest BCUT2D eigenvalue weighted by Gasteiger charge is -2.00. The van der Waals surface area contributed by atoms with E-state index in [9.17, 15) is 4.79 Å². The van der Waals surface area contributed by atoms with Gasteiger partial charge >= 0.3 is 5.97 Å². The Morgan fingerprint density at radius 2 is 2.18 bits per heavy atom. The molecule has 1 aromatic carbocycles. The van der Waals surface area contributed by atoms with Gasteiger partial charge in [-0.25, -0.2) is 9.89 Å². The second kappa shape index (κ2) is 5.78. The summed E-state index contributed by atoms with van der Waals surface area (Å²) in [5.41, 5.74) is 0.615. The zero-order valence-corrected chi connectivity index (χ0v) is 11.9. The first kappa shape index (κ1) is 14.0. The van der Waals surface area contributed by atoms with E-state index in [4.69, 9.17) is 21.7 Å². The second-order valence-electron chi connectivity index (χ2n) is 4.28. The molecule has 0 spiro atoms. The lowest BCUT2D eigenvalue weighted by molar-refractivity contribution is 0.0697. The Kier molecular flexibility index (Phi) is 3.67. The molecular formula is C14H10N4O3S. The first-order chi connectivity index (χ1) is 10.7. The van der Waals surface area contributed by atoms with Crippen molar-refractivity contribution in [1.29, 1.82) is 0 Å². The van der Waals surface area contributed by atoms with Crippen LogP contribution in [-0.4, -0.2) is 32.2 Å². The standard InChI is InChI=1S/C14H10N4O3S/c19-13(20)10-5-2-1-4-9(10)8-15-18-12(16-17-14(18)22)11-6-3-7-21-11/h1-8H,(H,17,22)(H,19,20)/b15-8-. The molecule has 3 aromatic rings. The van der Waals surface area contributed by atoms with Gasteiger partial charge in [0.05, 0.1) is 18.0 Å².